The van der Waals surface area contributed by atoms with Crippen molar-refractivity contribution in [1.82, 2.24) is 34.9 Å². The minimum Gasteiger partial charge on any atom is -0.354 e. The molecule has 0 saturated carbocycles. The smallest absolute Gasteiger partial charge is 0.191 e. The molecule has 1 atom stereocenters. The summed E-state index contributed by atoms with van der Waals surface area (Å²) in [6, 6.07) is 4.29. The van der Waals surface area contributed by atoms with Gasteiger partial charge in [-0.3, -0.25) is 14.2 Å². The van der Waals surface area contributed by atoms with E-state index in [0.29, 0.717) is 6.54 Å². The molecule has 0 aliphatic carbocycles. The monoisotopic (exact) mass is 522 g/mol. The molecule has 0 spiro atoms. The van der Waals surface area contributed by atoms with Gasteiger partial charge in [-0.15, -0.1) is 24.0 Å². The second-order valence-electron chi connectivity index (χ2n) is 7.32. The molecule has 8 nitrogen and oxygen atoms in total. The van der Waals surface area contributed by atoms with E-state index in [1.807, 2.05) is 41.7 Å². The van der Waals surface area contributed by atoms with Crippen LogP contribution in [0.1, 0.15) is 35.3 Å². The number of imidazole rings is 1. The summed E-state index contributed by atoms with van der Waals surface area (Å²) in [6.07, 6.45) is 6.46. The van der Waals surface area contributed by atoms with Crippen molar-refractivity contribution in [2.24, 2.45) is 12.0 Å². The number of rotatable bonds is 6. The maximum atomic E-state index is 4.54. The third kappa shape index (κ3) is 5.59. The number of hydrogen-bond donors (Lipinski definition) is 2. The van der Waals surface area contributed by atoms with Crippen molar-refractivity contribution in [2.45, 2.75) is 46.7 Å². The SMILES string of the molecule is CN=C(NCc1ccc(-n2ccnc2C)nc1)NC(C)Cc1c(C)nn(C)c1C.I. The highest BCUT2D eigenvalue weighted by atomic mass is 127. The van der Waals surface area contributed by atoms with Gasteiger partial charge in [0.25, 0.3) is 0 Å². The third-order valence-corrected chi connectivity index (χ3v) is 5.12. The molecule has 9 heteroatoms. The molecule has 1 unspecified atom stereocenters. The minimum absolute atomic E-state index is 0. The summed E-state index contributed by atoms with van der Waals surface area (Å²) in [5.74, 6) is 2.55. The fraction of sp³-hybridized carbons (Fsp3) is 0.429. The molecule has 0 saturated heterocycles. The number of pyridine rings is 1. The fourth-order valence-corrected chi connectivity index (χ4v) is 3.37. The van der Waals surface area contributed by atoms with Gasteiger partial charge in [0.05, 0.1) is 5.69 Å². The Morgan fingerprint density at radius 1 is 1.20 bits per heavy atom. The van der Waals surface area contributed by atoms with Gasteiger partial charge in [-0.2, -0.15) is 5.10 Å². The predicted octanol–water partition coefficient (Wildman–Crippen LogP) is 2.84. The highest BCUT2D eigenvalue weighted by Gasteiger charge is 2.14. The molecular formula is C21H31IN8. The Balaban J connectivity index is 0.00000320. The molecular weight excluding hydrogens is 491 g/mol. The quantitative estimate of drug-likeness (QED) is 0.296. The first kappa shape index (κ1) is 23.8. The normalized spacial score (nSPS) is 12.4. The van der Waals surface area contributed by atoms with Gasteiger partial charge in [0.15, 0.2) is 5.96 Å². The Hall–Kier alpha value is -2.43. The Morgan fingerprint density at radius 2 is 1.97 bits per heavy atom. The van der Waals surface area contributed by atoms with Crippen LogP contribution < -0.4 is 10.6 Å². The molecule has 0 aliphatic rings. The van der Waals surface area contributed by atoms with E-state index in [1.165, 1.54) is 11.3 Å². The van der Waals surface area contributed by atoms with Crippen molar-refractivity contribution in [3.05, 3.63) is 59.1 Å². The van der Waals surface area contributed by atoms with Crippen molar-refractivity contribution in [3.63, 3.8) is 0 Å². The number of aromatic nitrogens is 5. The number of halogens is 1. The lowest BCUT2D eigenvalue weighted by Gasteiger charge is -2.18. The summed E-state index contributed by atoms with van der Waals surface area (Å²) in [5.41, 5.74) is 4.66. The molecule has 3 heterocycles. The maximum absolute atomic E-state index is 4.54. The molecule has 0 aliphatic heterocycles. The number of nitrogens with one attached hydrogen (secondary N) is 2. The molecule has 30 heavy (non-hydrogen) atoms. The van der Waals surface area contributed by atoms with Crippen LogP contribution in [0.5, 0.6) is 0 Å². The van der Waals surface area contributed by atoms with Crippen molar-refractivity contribution < 1.29 is 0 Å². The van der Waals surface area contributed by atoms with Gasteiger partial charge >= 0.3 is 0 Å². The van der Waals surface area contributed by atoms with Gasteiger partial charge in [0.2, 0.25) is 0 Å². The minimum atomic E-state index is 0. The van der Waals surface area contributed by atoms with Crippen molar-refractivity contribution >= 4 is 29.9 Å². The number of aryl methyl sites for hydroxylation is 3. The van der Waals surface area contributed by atoms with Crippen LogP contribution in [0.3, 0.4) is 0 Å². The second-order valence-corrected chi connectivity index (χ2v) is 7.32. The lowest BCUT2D eigenvalue weighted by molar-refractivity contribution is 0.635. The number of nitrogens with zero attached hydrogens (tertiary/aromatic N) is 6. The molecule has 3 rings (SSSR count). The first-order chi connectivity index (χ1) is 13.9. The lowest BCUT2D eigenvalue weighted by atomic mass is 10.1. The van der Waals surface area contributed by atoms with Crippen molar-refractivity contribution in [3.8, 4) is 5.82 Å². The molecule has 162 valence electrons. The fourth-order valence-electron chi connectivity index (χ4n) is 3.37. The van der Waals surface area contributed by atoms with E-state index in [9.17, 15) is 0 Å². The van der Waals surface area contributed by atoms with E-state index in [-0.39, 0.29) is 30.0 Å². The standard InChI is InChI=1S/C21H30N8.HI/c1-14(11-19-15(2)27-28(6)16(19)3)26-21(22-5)25-13-18-7-8-20(24-12-18)29-10-9-23-17(29)4;/h7-10,12,14H,11,13H2,1-6H3,(H2,22,25,26);1H. The highest BCUT2D eigenvalue weighted by molar-refractivity contribution is 14.0. The molecule has 3 aromatic heterocycles. The van der Waals surface area contributed by atoms with Crippen LogP contribution in [0.4, 0.5) is 0 Å². The molecule has 3 aromatic rings. The maximum Gasteiger partial charge on any atom is 0.191 e. The summed E-state index contributed by atoms with van der Waals surface area (Å²) in [7, 11) is 3.77. The van der Waals surface area contributed by atoms with Crippen LogP contribution in [0.15, 0.2) is 35.7 Å². The average Bonchev–Trinajstić information content (AvgIpc) is 3.23. The van der Waals surface area contributed by atoms with Gasteiger partial charge in [-0.1, -0.05) is 6.07 Å². The molecule has 0 radical (unpaired) electrons. The highest BCUT2D eigenvalue weighted by Crippen LogP contribution is 2.14. The molecule has 0 fully saturated rings. The number of guanidine groups is 1. The Bertz CT molecular complexity index is 987. The third-order valence-electron chi connectivity index (χ3n) is 5.12. The van der Waals surface area contributed by atoms with Crippen LogP contribution in [-0.4, -0.2) is 43.4 Å². The van der Waals surface area contributed by atoms with E-state index in [0.717, 1.165) is 35.3 Å². The largest absolute Gasteiger partial charge is 0.354 e. The predicted molar refractivity (Wildman–Crippen MR) is 131 cm³/mol. The van der Waals surface area contributed by atoms with Gasteiger partial charge in [0, 0.05) is 51.0 Å². The van der Waals surface area contributed by atoms with Gasteiger partial charge in [0.1, 0.15) is 11.6 Å². The van der Waals surface area contributed by atoms with Crippen LogP contribution in [-0.2, 0) is 20.0 Å². The van der Waals surface area contributed by atoms with E-state index in [1.54, 1.807) is 13.2 Å². The average molecular weight is 522 g/mol. The van der Waals surface area contributed by atoms with Gasteiger partial charge < -0.3 is 10.6 Å². The molecule has 0 amide bonds. The Morgan fingerprint density at radius 3 is 2.50 bits per heavy atom. The van der Waals surface area contributed by atoms with Crippen LogP contribution in [0.2, 0.25) is 0 Å². The number of aliphatic imine (C=N–C) groups is 1. The van der Waals surface area contributed by atoms with E-state index >= 15 is 0 Å². The van der Waals surface area contributed by atoms with E-state index < -0.39 is 0 Å². The summed E-state index contributed by atoms with van der Waals surface area (Å²) in [4.78, 5) is 13.1. The van der Waals surface area contributed by atoms with Crippen LogP contribution >= 0.6 is 24.0 Å². The summed E-state index contributed by atoms with van der Waals surface area (Å²) in [5, 5.41) is 11.3. The topological polar surface area (TPSA) is 84.9 Å². The molecule has 0 aromatic carbocycles. The van der Waals surface area contributed by atoms with E-state index in [4.69, 9.17) is 0 Å². The van der Waals surface area contributed by atoms with Gasteiger partial charge in [-0.05, 0) is 51.3 Å². The molecule has 2 N–H and O–H groups in total. The van der Waals surface area contributed by atoms with Crippen LogP contribution in [0, 0.1) is 20.8 Å². The zero-order valence-electron chi connectivity index (χ0n) is 18.5. The summed E-state index contributed by atoms with van der Waals surface area (Å²) < 4.78 is 3.90. The van der Waals surface area contributed by atoms with Crippen molar-refractivity contribution in [2.75, 3.05) is 7.05 Å². The first-order valence-electron chi connectivity index (χ1n) is 9.80. The van der Waals surface area contributed by atoms with E-state index in [2.05, 4.69) is 57.5 Å². The van der Waals surface area contributed by atoms with Gasteiger partial charge in [-0.25, -0.2) is 9.97 Å². The Labute approximate surface area is 195 Å². The lowest BCUT2D eigenvalue weighted by Crippen LogP contribution is -2.42. The number of hydrogen-bond acceptors (Lipinski definition) is 4. The Kier molecular flexibility index (Phi) is 8.39. The summed E-state index contributed by atoms with van der Waals surface area (Å²) >= 11 is 0. The zero-order valence-corrected chi connectivity index (χ0v) is 20.8. The van der Waals surface area contributed by atoms with Crippen LogP contribution in [0.25, 0.3) is 5.82 Å². The zero-order chi connectivity index (χ0) is 21.0. The first-order valence-corrected chi connectivity index (χ1v) is 9.80. The van der Waals surface area contributed by atoms with Crippen molar-refractivity contribution in [1.29, 1.82) is 0 Å². The summed E-state index contributed by atoms with van der Waals surface area (Å²) in [6.45, 7) is 8.93. The molecule has 0 bridgehead atoms. The second kappa shape index (κ2) is 10.6.